The average molecular weight is 350 g/mol. The molecule has 1 aliphatic rings. The van der Waals surface area contributed by atoms with Crippen LogP contribution in [-0.2, 0) is 14.8 Å². The number of esters is 1. The Bertz CT molecular complexity index is 731. The third kappa shape index (κ3) is 4.34. The van der Waals surface area contributed by atoms with Gasteiger partial charge in [-0.25, -0.2) is 13.2 Å². The van der Waals surface area contributed by atoms with Gasteiger partial charge in [0.1, 0.15) is 0 Å². The Morgan fingerprint density at radius 3 is 2.67 bits per heavy atom. The van der Waals surface area contributed by atoms with Crippen LogP contribution >= 0.6 is 0 Å². The molecule has 0 unspecified atom stereocenters. The minimum atomic E-state index is -3.58. The van der Waals surface area contributed by atoms with Crippen molar-refractivity contribution < 1.29 is 17.9 Å². The van der Waals surface area contributed by atoms with E-state index in [4.69, 9.17) is 10.00 Å². The molecule has 24 heavy (non-hydrogen) atoms. The second kappa shape index (κ2) is 8.27. The first-order valence-electron chi connectivity index (χ1n) is 8.11. The van der Waals surface area contributed by atoms with Gasteiger partial charge >= 0.3 is 5.97 Å². The minimum Gasteiger partial charge on any atom is -0.462 e. The molecule has 1 aromatic carbocycles. The van der Waals surface area contributed by atoms with Gasteiger partial charge in [0.25, 0.3) is 0 Å². The van der Waals surface area contributed by atoms with E-state index in [2.05, 4.69) is 0 Å². The lowest BCUT2D eigenvalue weighted by Crippen LogP contribution is -2.35. The zero-order valence-electron chi connectivity index (χ0n) is 13.8. The van der Waals surface area contributed by atoms with Crippen LogP contribution in [0.1, 0.15) is 48.0 Å². The van der Waals surface area contributed by atoms with Crippen LogP contribution in [0, 0.1) is 18.3 Å². The Morgan fingerprint density at radius 2 is 2.00 bits per heavy atom. The number of ether oxygens (including phenoxy) is 1. The fourth-order valence-corrected chi connectivity index (χ4v) is 4.17. The Labute approximate surface area is 143 Å². The minimum absolute atomic E-state index is 0.124. The molecule has 0 radical (unpaired) electrons. The van der Waals surface area contributed by atoms with Crippen molar-refractivity contribution in [2.45, 2.75) is 43.9 Å². The van der Waals surface area contributed by atoms with E-state index in [1.54, 1.807) is 13.0 Å². The van der Waals surface area contributed by atoms with Crippen molar-refractivity contribution in [3.05, 3.63) is 29.3 Å². The quantitative estimate of drug-likeness (QED) is 0.581. The van der Waals surface area contributed by atoms with Crippen molar-refractivity contribution in [2.75, 3.05) is 19.7 Å². The van der Waals surface area contributed by atoms with Crippen LogP contribution in [0.5, 0.6) is 0 Å². The average Bonchev–Trinajstić information content (AvgIpc) is 2.59. The number of sulfonamides is 1. The maximum atomic E-state index is 12.7. The number of carbonyl (C=O) groups is 1. The zero-order chi connectivity index (χ0) is 17.6. The molecule has 2 rings (SSSR count). The maximum Gasteiger partial charge on any atom is 0.338 e. The number of nitrogens with zero attached hydrogens (tertiary/aromatic N) is 2. The van der Waals surface area contributed by atoms with Gasteiger partial charge in [-0.05, 0) is 43.9 Å². The summed E-state index contributed by atoms with van der Waals surface area (Å²) in [4.78, 5) is 12.3. The highest BCUT2D eigenvalue weighted by molar-refractivity contribution is 7.89. The summed E-state index contributed by atoms with van der Waals surface area (Å²) in [7, 11) is -3.58. The van der Waals surface area contributed by atoms with Crippen LogP contribution in [0.4, 0.5) is 0 Å². The van der Waals surface area contributed by atoms with E-state index >= 15 is 0 Å². The predicted molar refractivity (Wildman–Crippen MR) is 88.9 cm³/mol. The van der Waals surface area contributed by atoms with Gasteiger partial charge in [-0.3, -0.25) is 0 Å². The Morgan fingerprint density at radius 1 is 1.29 bits per heavy atom. The first kappa shape index (κ1) is 18.4. The normalized spacial score (nSPS) is 15.7. The van der Waals surface area contributed by atoms with Crippen molar-refractivity contribution in [1.82, 2.24) is 4.31 Å². The number of aryl methyl sites for hydroxylation is 1. The molecular formula is C17H22N2O4S. The van der Waals surface area contributed by atoms with Crippen LogP contribution in [0.25, 0.3) is 0 Å². The third-order valence-corrected chi connectivity index (χ3v) is 5.94. The molecule has 0 aliphatic carbocycles. The summed E-state index contributed by atoms with van der Waals surface area (Å²) in [6.45, 7) is 2.92. The molecule has 0 saturated carbocycles. The summed E-state index contributed by atoms with van der Waals surface area (Å²) in [6.07, 6.45) is 3.54. The molecule has 7 heteroatoms. The molecule has 0 aromatic heterocycles. The number of nitriles is 1. The topological polar surface area (TPSA) is 87.5 Å². The molecule has 1 aromatic rings. The second-order valence-corrected chi connectivity index (χ2v) is 7.78. The fraction of sp³-hybridized carbons (Fsp3) is 0.529. The van der Waals surface area contributed by atoms with Gasteiger partial charge < -0.3 is 4.74 Å². The van der Waals surface area contributed by atoms with Gasteiger partial charge in [0.05, 0.1) is 23.1 Å². The summed E-state index contributed by atoms with van der Waals surface area (Å²) in [5.74, 6) is -0.555. The predicted octanol–water partition coefficient (Wildman–Crippen LogP) is 2.63. The summed E-state index contributed by atoms with van der Waals surface area (Å²) < 4.78 is 32.0. The molecule has 0 atom stereocenters. The van der Waals surface area contributed by atoms with Gasteiger partial charge in [0, 0.05) is 19.5 Å². The highest BCUT2D eigenvalue weighted by Gasteiger charge is 2.27. The van der Waals surface area contributed by atoms with E-state index < -0.39 is 16.0 Å². The lowest BCUT2D eigenvalue weighted by molar-refractivity contribution is 0.0500. The number of unbranched alkanes of at least 4 members (excludes halogenated alkanes) is 1. The number of hydrogen-bond donors (Lipinski definition) is 0. The lowest BCUT2D eigenvalue weighted by Gasteiger charge is -2.26. The SMILES string of the molecule is Cc1ccc(S(=O)(=O)N2CCCCC2)cc1C(=O)OCCCC#N. The van der Waals surface area contributed by atoms with Gasteiger partial charge in [0.2, 0.25) is 10.0 Å². The smallest absolute Gasteiger partial charge is 0.338 e. The van der Waals surface area contributed by atoms with E-state index in [1.807, 2.05) is 6.07 Å². The van der Waals surface area contributed by atoms with Crippen LogP contribution < -0.4 is 0 Å². The largest absolute Gasteiger partial charge is 0.462 e. The Kier molecular flexibility index (Phi) is 6.35. The number of rotatable bonds is 6. The van der Waals surface area contributed by atoms with E-state index in [-0.39, 0.29) is 17.1 Å². The van der Waals surface area contributed by atoms with E-state index in [0.29, 0.717) is 31.5 Å². The molecule has 1 saturated heterocycles. The highest BCUT2D eigenvalue weighted by Crippen LogP contribution is 2.23. The van der Waals surface area contributed by atoms with Gasteiger partial charge in [-0.2, -0.15) is 9.57 Å². The second-order valence-electron chi connectivity index (χ2n) is 5.84. The summed E-state index contributed by atoms with van der Waals surface area (Å²) >= 11 is 0. The molecule has 0 spiro atoms. The molecule has 1 fully saturated rings. The Balaban J connectivity index is 2.18. The van der Waals surface area contributed by atoms with Gasteiger partial charge in [-0.1, -0.05) is 12.5 Å². The van der Waals surface area contributed by atoms with Crippen LogP contribution in [0.3, 0.4) is 0 Å². The van der Waals surface area contributed by atoms with Gasteiger partial charge in [-0.15, -0.1) is 0 Å². The number of carbonyl (C=O) groups excluding carboxylic acids is 1. The molecule has 1 heterocycles. The Hall–Kier alpha value is -1.91. The van der Waals surface area contributed by atoms with E-state index in [1.165, 1.54) is 16.4 Å². The van der Waals surface area contributed by atoms with Crippen LogP contribution in [0.15, 0.2) is 23.1 Å². The zero-order valence-corrected chi connectivity index (χ0v) is 14.6. The fourth-order valence-electron chi connectivity index (χ4n) is 2.63. The molecule has 130 valence electrons. The molecule has 0 N–H and O–H groups in total. The maximum absolute atomic E-state index is 12.7. The standard InChI is InChI=1S/C17H22N2O4S/c1-14-7-8-15(24(21,22)19-10-4-2-5-11-19)13-16(14)17(20)23-12-6-3-9-18/h7-8,13H,2-6,10-12H2,1H3. The molecule has 0 amide bonds. The van der Waals surface area contributed by atoms with Crippen molar-refractivity contribution in [3.63, 3.8) is 0 Å². The van der Waals surface area contributed by atoms with Crippen molar-refractivity contribution in [1.29, 1.82) is 5.26 Å². The monoisotopic (exact) mass is 350 g/mol. The molecule has 6 nitrogen and oxygen atoms in total. The summed E-state index contributed by atoms with van der Waals surface area (Å²) in [5.41, 5.74) is 0.919. The van der Waals surface area contributed by atoms with Crippen molar-refractivity contribution >= 4 is 16.0 Å². The molecular weight excluding hydrogens is 328 g/mol. The number of piperidine rings is 1. The van der Waals surface area contributed by atoms with Crippen molar-refractivity contribution in [3.8, 4) is 6.07 Å². The number of benzene rings is 1. The third-order valence-electron chi connectivity index (χ3n) is 4.05. The number of hydrogen-bond acceptors (Lipinski definition) is 5. The van der Waals surface area contributed by atoms with Crippen molar-refractivity contribution in [2.24, 2.45) is 0 Å². The van der Waals surface area contributed by atoms with Crippen LogP contribution in [0.2, 0.25) is 0 Å². The van der Waals surface area contributed by atoms with E-state index in [0.717, 1.165) is 19.3 Å². The summed E-state index contributed by atoms with van der Waals surface area (Å²) in [6, 6.07) is 6.54. The van der Waals surface area contributed by atoms with Crippen LogP contribution in [-0.4, -0.2) is 38.4 Å². The molecule has 1 aliphatic heterocycles. The highest BCUT2D eigenvalue weighted by atomic mass is 32.2. The first-order chi connectivity index (χ1) is 11.5. The van der Waals surface area contributed by atoms with Gasteiger partial charge in [0.15, 0.2) is 0 Å². The first-order valence-corrected chi connectivity index (χ1v) is 9.55. The lowest BCUT2D eigenvalue weighted by atomic mass is 10.1. The molecule has 0 bridgehead atoms. The van der Waals surface area contributed by atoms with E-state index in [9.17, 15) is 13.2 Å². The summed E-state index contributed by atoms with van der Waals surface area (Å²) in [5, 5.41) is 8.48.